The van der Waals surface area contributed by atoms with Crippen LogP contribution in [0.25, 0.3) is 0 Å². The molecule has 0 fully saturated rings. The van der Waals surface area contributed by atoms with Crippen molar-refractivity contribution in [3.8, 4) is 0 Å². The van der Waals surface area contributed by atoms with Gasteiger partial charge in [0, 0.05) is 12.7 Å². The molecule has 0 saturated carbocycles. The standard InChI is InChI=1S/C14H18N4O2S/c1-2-11-6-3-4-7-12(11)10-17-21(19,20)13-8-5-9-16-14(13)18-15/h3-9,17H,2,10,15H2,1H3,(H,16,18). The molecule has 2 rings (SSSR count). The fourth-order valence-electron chi connectivity index (χ4n) is 2.04. The zero-order chi connectivity index (χ0) is 15.3. The molecular weight excluding hydrogens is 288 g/mol. The van der Waals surface area contributed by atoms with Gasteiger partial charge < -0.3 is 5.43 Å². The lowest BCUT2D eigenvalue weighted by Crippen LogP contribution is -2.25. The van der Waals surface area contributed by atoms with Crippen molar-refractivity contribution < 1.29 is 8.42 Å². The monoisotopic (exact) mass is 306 g/mol. The number of sulfonamides is 1. The third-order valence-electron chi connectivity index (χ3n) is 3.15. The lowest BCUT2D eigenvalue weighted by molar-refractivity contribution is 0.581. The fourth-order valence-corrected chi connectivity index (χ4v) is 3.17. The Morgan fingerprint density at radius 1 is 1.14 bits per heavy atom. The Hall–Kier alpha value is -1.96. The highest BCUT2D eigenvalue weighted by atomic mass is 32.2. The molecule has 4 N–H and O–H groups in total. The van der Waals surface area contributed by atoms with Gasteiger partial charge in [0.2, 0.25) is 10.0 Å². The molecule has 6 nitrogen and oxygen atoms in total. The van der Waals surface area contributed by atoms with Gasteiger partial charge in [-0.25, -0.2) is 24.0 Å². The second kappa shape index (κ2) is 6.66. The van der Waals surface area contributed by atoms with Crippen LogP contribution in [0, 0.1) is 0 Å². The van der Waals surface area contributed by atoms with Gasteiger partial charge in [0.05, 0.1) is 0 Å². The summed E-state index contributed by atoms with van der Waals surface area (Å²) < 4.78 is 27.3. The minimum Gasteiger partial charge on any atom is -0.307 e. The number of pyridine rings is 1. The summed E-state index contributed by atoms with van der Waals surface area (Å²) in [5.74, 6) is 5.41. The van der Waals surface area contributed by atoms with Gasteiger partial charge in [-0.15, -0.1) is 0 Å². The predicted octanol–water partition coefficient (Wildman–Crippen LogP) is 1.41. The van der Waals surface area contributed by atoms with E-state index in [9.17, 15) is 8.42 Å². The lowest BCUT2D eigenvalue weighted by Gasteiger charge is -2.12. The van der Waals surface area contributed by atoms with Crippen molar-refractivity contribution in [2.45, 2.75) is 24.8 Å². The van der Waals surface area contributed by atoms with E-state index >= 15 is 0 Å². The van der Waals surface area contributed by atoms with Gasteiger partial charge in [-0.2, -0.15) is 0 Å². The van der Waals surface area contributed by atoms with E-state index < -0.39 is 10.0 Å². The van der Waals surface area contributed by atoms with Gasteiger partial charge in [-0.3, -0.25) is 0 Å². The molecule has 1 aromatic carbocycles. The molecule has 2 aromatic rings. The Kier molecular flexibility index (Phi) is 4.89. The molecule has 112 valence electrons. The molecule has 7 heteroatoms. The number of nitrogens with one attached hydrogen (secondary N) is 2. The Morgan fingerprint density at radius 2 is 1.86 bits per heavy atom. The van der Waals surface area contributed by atoms with Gasteiger partial charge in [0.15, 0.2) is 5.82 Å². The summed E-state index contributed by atoms with van der Waals surface area (Å²) in [5.41, 5.74) is 4.36. The normalized spacial score (nSPS) is 11.3. The maximum atomic E-state index is 12.3. The van der Waals surface area contributed by atoms with Crippen LogP contribution >= 0.6 is 0 Å². The van der Waals surface area contributed by atoms with Crippen LogP contribution in [0.15, 0.2) is 47.5 Å². The SMILES string of the molecule is CCc1ccccc1CNS(=O)(=O)c1cccnc1NN. The van der Waals surface area contributed by atoms with Crippen molar-refractivity contribution in [1.82, 2.24) is 9.71 Å². The van der Waals surface area contributed by atoms with Gasteiger partial charge in [0.1, 0.15) is 4.90 Å². The molecule has 21 heavy (non-hydrogen) atoms. The second-order valence-electron chi connectivity index (χ2n) is 4.44. The molecule has 0 unspecified atom stereocenters. The first-order chi connectivity index (χ1) is 10.1. The molecule has 0 aliphatic heterocycles. The van der Waals surface area contributed by atoms with Crippen molar-refractivity contribution >= 4 is 15.8 Å². The largest absolute Gasteiger partial charge is 0.307 e. The zero-order valence-electron chi connectivity index (χ0n) is 11.7. The summed E-state index contributed by atoms with van der Waals surface area (Å²) in [6.07, 6.45) is 2.32. The van der Waals surface area contributed by atoms with Gasteiger partial charge in [0.25, 0.3) is 0 Å². The number of aryl methyl sites for hydroxylation is 1. The van der Waals surface area contributed by atoms with E-state index in [4.69, 9.17) is 5.84 Å². The van der Waals surface area contributed by atoms with E-state index in [1.165, 1.54) is 12.3 Å². The van der Waals surface area contributed by atoms with Crippen molar-refractivity contribution in [1.29, 1.82) is 0 Å². The number of hydrazine groups is 1. The summed E-state index contributed by atoms with van der Waals surface area (Å²) in [6, 6.07) is 10.7. The van der Waals surface area contributed by atoms with E-state index in [2.05, 4.69) is 15.1 Å². The minimum absolute atomic E-state index is 0.0291. The Labute approximate surface area is 124 Å². The Balaban J connectivity index is 2.22. The van der Waals surface area contributed by atoms with Gasteiger partial charge in [-0.05, 0) is 29.7 Å². The quantitative estimate of drug-likeness (QED) is 0.554. The number of benzene rings is 1. The van der Waals surface area contributed by atoms with Crippen molar-refractivity contribution in [3.63, 3.8) is 0 Å². The van der Waals surface area contributed by atoms with Crippen molar-refractivity contribution in [2.24, 2.45) is 5.84 Å². The molecule has 0 amide bonds. The first-order valence-electron chi connectivity index (χ1n) is 6.56. The second-order valence-corrected chi connectivity index (χ2v) is 6.18. The number of nitrogens with zero attached hydrogens (tertiary/aromatic N) is 1. The van der Waals surface area contributed by atoms with Crippen LogP contribution in [0.4, 0.5) is 5.82 Å². The molecule has 0 aliphatic carbocycles. The first-order valence-corrected chi connectivity index (χ1v) is 8.05. The molecule has 0 saturated heterocycles. The highest BCUT2D eigenvalue weighted by Gasteiger charge is 2.18. The molecule has 0 aliphatic rings. The highest BCUT2D eigenvalue weighted by molar-refractivity contribution is 7.89. The average molecular weight is 306 g/mol. The van der Waals surface area contributed by atoms with E-state index in [1.54, 1.807) is 6.07 Å². The number of hydrogen-bond donors (Lipinski definition) is 3. The predicted molar refractivity (Wildman–Crippen MR) is 81.9 cm³/mol. The molecule has 1 aromatic heterocycles. The minimum atomic E-state index is -3.68. The molecular formula is C14H18N4O2S. The van der Waals surface area contributed by atoms with Crippen LogP contribution in [-0.4, -0.2) is 13.4 Å². The Bertz CT molecular complexity index is 716. The van der Waals surface area contributed by atoms with Crippen LogP contribution in [0.1, 0.15) is 18.1 Å². The number of rotatable bonds is 6. The number of anilines is 1. The molecule has 0 spiro atoms. The summed E-state index contributed by atoms with van der Waals surface area (Å²) in [4.78, 5) is 3.93. The van der Waals surface area contributed by atoms with Crippen LogP contribution in [0.5, 0.6) is 0 Å². The molecule has 1 heterocycles. The number of nitrogens with two attached hydrogens (primary N) is 1. The molecule has 0 atom stereocenters. The molecule has 0 radical (unpaired) electrons. The van der Waals surface area contributed by atoms with Gasteiger partial charge >= 0.3 is 0 Å². The number of aromatic nitrogens is 1. The van der Waals surface area contributed by atoms with E-state index in [0.717, 1.165) is 17.5 Å². The van der Waals surface area contributed by atoms with Crippen molar-refractivity contribution in [2.75, 3.05) is 5.43 Å². The number of nitrogen functional groups attached to an aromatic ring is 1. The average Bonchev–Trinajstić information content (AvgIpc) is 2.53. The fraction of sp³-hybridized carbons (Fsp3) is 0.214. The number of hydrogen-bond acceptors (Lipinski definition) is 5. The summed E-state index contributed by atoms with van der Waals surface area (Å²) in [6.45, 7) is 2.26. The van der Waals surface area contributed by atoms with Crippen LogP contribution in [0.3, 0.4) is 0 Å². The maximum Gasteiger partial charge on any atom is 0.244 e. The van der Waals surface area contributed by atoms with Crippen LogP contribution in [0.2, 0.25) is 0 Å². The lowest BCUT2D eigenvalue weighted by atomic mass is 10.1. The van der Waals surface area contributed by atoms with Crippen LogP contribution in [-0.2, 0) is 23.0 Å². The summed E-state index contributed by atoms with van der Waals surface area (Å²) in [5, 5.41) is 0. The first kappa shape index (κ1) is 15.4. The van der Waals surface area contributed by atoms with E-state index in [0.29, 0.717) is 0 Å². The maximum absolute atomic E-state index is 12.3. The van der Waals surface area contributed by atoms with Crippen LogP contribution < -0.4 is 16.0 Å². The third kappa shape index (κ3) is 3.57. The van der Waals surface area contributed by atoms with Crippen molar-refractivity contribution in [3.05, 3.63) is 53.7 Å². The third-order valence-corrected chi connectivity index (χ3v) is 4.58. The van der Waals surface area contributed by atoms with E-state index in [1.807, 2.05) is 31.2 Å². The summed E-state index contributed by atoms with van der Waals surface area (Å²) in [7, 11) is -3.68. The zero-order valence-corrected chi connectivity index (χ0v) is 12.5. The van der Waals surface area contributed by atoms with Gasteiger partial charge in [-0.1, -0.05) is 31.2 Å². The summed E-state index contributed by atoms with van der Waals surface area (Å²) >= 11 is 0. The topological polar surface area (TPSA) is 97.1 Å². The molecule has 0 bridgehead atoms. The smallest absolute Gasteiger partial charge is 0.244 e. The van der Waals surface area contributed by atoms with E-state index in [-0.39, 0.29) is 17.3 Å². The Morgan fingerprint density at radius 3 is 2.52 bits per heavy atom. The highest BCUT2D eigenvalue weighted by Crippen LogP contribution is 2.17.